The quantitative estimate of drug-likeness (QED) is 0.675. The van der Waals surface area contributed by atoms with E-state index >= 15 is 0 Å². The number of hydrogen-bond acceptors (Lipinski definition) is 1. The second-order valence-electron chi connectivity index (χ2n) is 5.49. The van der Waals surface area contributed by atoms with Crippen molar-refractivity contribution in [1.29, 1.82) is 0 Å². The van der Waals surface area contributed by atoms with Crippen molar-refractivity contribution in [3.8, 4) is 0 Å². The number of rotatable bonds is 4. The molecule has 0 atom stereocenters. The molecule has 0 aliphatic carbocycles. The third-order valence-electron chi connectivity index (χ3n) is 3.80. The molecule has 0 radical (unpaired) electrons. The minimum atomic E-state index is 1.15. The van der Waals surface area contributed by atoms with E-state index < -0.39 is 0 Å². The van der Waals surface area contributed by atoms with Gasteiger partial charge in [-0.15, -0.1) is 0 Å². The van der Waals surface area contributed by atoms with Gasteiger partial charge in [-0.25, -0.2) is 4.57 Å². The van der Waals surface area contributed by atoms with Gasteiger partial charge in [-0.05, 0) is 47.5 Å². The van der Waals surface area contributed by atoms with Gasteiger partial charge in [0.05, 0.1) is 0 Å². The fraction of sp³-hybridized carbons (Fsp3) is 0.100. The zero-order chi connectivity index (χ0) is 16.1. The van der Waals surface area contributed by atoms with Crippen LogP contribution in [-0.4, -0.2) is 9.55 Å². The summed E-state index contributed by atoms with van der Waals surface area (Å²) in [5, 5.41) is 0. The SMILES string of the molecule is Cn1c(/C=C/c2ccncc2)ccc1/C=C/c1cc[n+](C)cc1. The Labute approximate surface area is 136 Å². The summed E-state index contributed by atoms with van der Waals surface area (Å²) in [7, 11) is 4.10. The van der Waals surface area contributed by atoms with Gasteiger partial charge in [0, 0.05) is 43.0 Å². The van der Waals surface area contributed by atoms with Crippen molar-refractivity contribution < 1.29 is 4.57 Å². The van der Waals surface area contributed by atoms with E-state index in [2.05, 4.69) is 65.2 Å². The normalized spacial score (nSPS) is 11.6. The molecule has 23 heavy (non-hydrogen) atoms. The minimum absolute atomic E-state index is 1.15. The summed E-state index contributed by atoms with van der Waals surface area (Å²) in [6.07, 6.45) is 16.2. The largest absolute Gasteiger partial charge is 0.345 e. The number of hydrogen-bond donors (Lipinski definition) is 0. The van der Waals surface area contributed by atoms with Crippen molar-refractivity contribution in [2.24, 2.45) is 14.1 Å². The first-order valence-corrected chi connectivity index (χ1v) is 7.59. The summed E-state index contributed by atoms with van der Waals surface area (Å²) in [5.41, 5.74) is 4.68. The van der Waals surface area contributed by atoms with E-state index in [9.17, 15) is 0 Å². The lowest BCUT2D eigenvalue weighted by molar-refractivity contribution is -0.671. The second kappa shape index (κ2) is 6.88. The summed E-state index contributed by atoms with van der Waals surface area (Å²) in [4.78, 5) is 4.03. The summed E-state index contributed by atoms with van der Waals surface area (Å²) < 4.78 is 4.21. The van der Waals surface area contributed by atoms with Crippen LogP contribution in [0.25, 0.3) is 24.3 Å². The van der Waals surface area contributed by atoms with E-state index in [0.29, 0.717) is 0 Å². The predicted octanol–water partition coefficient (Wildman–Crippen LogP) is 3.59. The van der Waals surface area contributed by atoms with E-state index in [1.165, 1.54) is 17.0 Å². The summed E-state index contributed by atoms with van der Waals surface area (Å²) in [5.74, 6) is 0. The van der Waals surface area contributed by atoms with Gasteiger partial charge in [-0.1, -0.05) is 12.2 Å². The highest BCUT2D eigenvalue weighted by Gasteiger charge is 1.99. The lowest BCUT2D eigenvalue weighted by atomic mass is 10.2. The zero-order valence-electron chi connectivity index (χ0n) is 13.4. The molecule has 0 unspecified atom stereocenters. The molecule has 0 aliphatic rings. The van der Waals surface area contributed by atoms with Crippen molar-refractivity contribution >= 4 is 24.3 Å². The lowest BCUT2D eigenvalue weighted by Crippen LogP contribution is -2.25. The summed E-state index contributed by atoms with van der Waals surface area (Å²) in [6.45, 7) is 0. The molecule has 3 aromatic rings. The molecule has 3 heteroatoms. The van der Waals surface area contributed by atoms with Crippen LogP contribution in [0.5, 0.6) is 0 Å². The zero-order valence-corrected chi connectivity index (χ0v) is 13.4. The average Bonchev–Trinajstić information content (AvgIpc) is 2.93. The van der Waals surface area contributed by atoms with Gasteiger partial charge in [0.1, 0.15) is 7.05 Å². The number of pyridine rings is 2. The number of nitrogens with zero attached hydrogens (tertiary/aromatic N) is 3. The first kappa shape index (κ1) is 15.0. The monoisotopic (exact) mass is 302 g/mol. The Balaban J connectivity index is 1.76. The van der Waals surface area contributed by atoms with Crippen molar-refractivity contribution in [3.63, 3.8) is 0 Å². The van der Waals surface area contributed by atoms with Crippen LogP contribution >= 0.6 is 0 Å². The Morgan fingerprint density at radius 2 is 1.30 bits per heavy atom. The van der Waals surface area contributed by atoms with E-state index in [-0.39, 0.29) is 0 Å². The maximum Gasteiger partial charge on any atom is 0.169 e. The van der Waals surface area contributed by atoms with Crippen molar-refractivity contribution in [1.82, 2.24) is 9.55 Å². The van der Waals surface area contributed by atoms with Gasteiger partial charge in [-0.3, -0.25) is 4.98 Å². The first-order chi connectivity index (χ1) is 11.2. The average molecular weight is 302 g/mol. The molecular formula is C20H20N3+. The Morgan fingerprint density at radius 3 is 1.87 bits per heavy atom. The predicted molar refractivity (Wildman–Crippen MR) is 95.1 cm³/mol. The van der Waals surface area contributed by atoms with Crippen LogP contribution < -0.4 is 4.57 Å². The molecule has 0 amide bonds. The molecule has 0 fully saturated rings. The fourth-order valence-electron chi connectivity index (χ4n) is 2.34. The van der Waals surface area contributed by atoms with Crippen molar-refractivity contribution in [2.75, 3.05) is 0 Å². The highest BCUT2D eigenvalue weighted by Crippen LogP contribution is 2.14. The summed E-state index contributed by atoms with van der Waals surface area (Å²) >= 11 is 0. The van der Waals surface area contributed by atoms with Crippen LogP contribution in [0.15, 0.2) is 61.2 Å². The van der Waals surface area contributed by atoms with Crippen LogP contribution in [0.2, 0.25) is 0 Å². The Kier molecular flexibility index (Phi) is 4.48. The Morgan fingerprint density at radius 1 is 0.783 bits per heavy atom. The molecule has 0 aromatic carbocycles. The highest BCUT2D eigenvalue weighted by molar-refractivity contribution is 5.72. The smallest absolute Gasteiger partial charge is 0.169 e. The molecule has 0 saturated carbocycles. The molecule has 114 valence electrons. The maximum absolute atomic E-state index is 4.03. The van der Waals surface area contributed by atoms with Crippen LogP contribution in [0.4, 0.5) is 0 Å². The standard InChI is InChI=1S/C20H20N3/c1-22-15-11-18(12-16-22)4-6-20-8-7-19(23(20)2)5-3-17-9-13-21-14-10-17/h3-16H,1-2H3/q+1/b5-3+. The van der Waals surface area contributed by atoms with E-state index in [1.807, 2.05) is 36.1 Å². The molecule has 0 saturated heterocycles. The van der Waals surface area contributed by atoms with Crippen LogP contribution in [-0.2, 0) is 14.1 Å². The van der Waals surface area contributed by atoms with Gasteiger partial charge < -0.3 is 4.57 Å². The third kappa shape index (κ3) is 3.83. The van der Waals surface area contributed by atoms with Crippen molar-refractivity contribution in [3.05, 3.63) is 83.7 Å². The molecule has 0 spiro atoms. The highest BCUT2D eigenvalue weighted by atomic mass is 14.9. The van der Waals surface area contributed by atoms with Gasteiger partial charge in [0.2, 0.25) is 0 Å². The second-order valence-corrected chi connectivity index (χ2v) is 5.49. The van der Waals surface area contributed by atoms with Gasteiger partial charge >= 0.3 is 0 Å². The van der Waals surface area contributed by atoms with Crippen molar-refractivity contribution in [2.45, 2.75) is 0 Å². The van der Waals surface area contributed by atoms with Gasteiger partial charge in [-0.2, -0.15) is 0 Å². The molecule has 3 rings (SSSR count). The lowest BCUT2D eigenvalue weighted by Gasteiger charge is -2.01. The number of aromatic nitrogens is 3. The first-order valence-electron chi connectivity index (χ1n) is 7.59. The fourth-order valence-corrected chi connectivity index (χ4v) is 2.34. The molecule has 0 aliphatic heterocycles. The van der Waals surface area contributed by atoms with Crippen LogP contribution in [0.1, 0.15) is 22.5 Å². The third-order valence-corrected chi connectivity index (χ3v) is 3.80. The topological polar surface area (TPSA) is 21.7 Å². The maximum atomic E-state index is 4.03. The van der Waals surface area contributed by atoms with E-state index in [1.54, 1.807) is 12.4 Å². The summed E-state index contributed by atoms with van der Waals surface area (Å²) in [6, 6.07) is 12.5. The Bertz CT molecular complexity index is 825. The van der Waals surface area contributed by atoms with Crippen LogP contribution in [0.3, 0.4) is 0 Å². The van der Waals surface area contributed by atoms with Gasteiger partial charge in [0.15, 0.2) is 12.4 Å². The van der Waals surface area contributed by atoms with E-state index in [0.717, 1.165) is 5.56 Å². The molecule has 0 bridgehead atoms. The number of aryl methyl sites for hydroxylation is 1. The molecular weight excluding hydrogens is 282 g/mol. The molecule has 3 heterocycles. The molecule has 3 aromatic heterocycles. The van der Waals surface area contributed by atoms with Gasteiger partial charge in [0.25, 0.3) is 0 Å². The van der Waals surface area contributed by atoms with Crippen LogP contribution in [0, 0.1) is 0 Å². The molecule has 3 nitrogen and oxygen atoms in total. The minimum Gasteiger partial charge on any atom is -0.345 e. The Hall–Kier alpha value is -2.94. The molecule has 0 N–H and O–H groups in total. The van der Waals surface area contributed by atoms with E-state index in [4.69, 9.17) is 0 Å².